The Hall–Kier alpha value is -0.930. The lowest BCUT2D eigenvalue weighted by Crippen LogP contribution is -2.60. The number of pyridine rings is 1. The molecule has 2 heterocycles. The summed E-state index contributed by atoms with van der Waals surface area (Å²) in [7, 11) is 0. The molecule has 0 aliphatic carbocycles. The van der Waals surface area contributed by atoms with Crippen LogP contribution in [0.1, 0.15) is 45.3 Å². The summed E-state index contributed by atoms with van der Waals surface area (Å²) < 4.78 is 0. The minimum atomic E-state index is 0.293. The average Bonchev–Trinajstić information content (AvgIpc) is 2.47. The third kappa shape index (κ3) is 2.73. The number of nitrogens with zero attached hydrogens (tertiary/aromatic N) is 2. The van der Waals surface area contributed by atoms with Gasteiger partial charge >= 0.3 is 0 Å². The van der Waals surface area contributed by atoms with E-state index >= 15 is 0 Å². The van der Waals surface area contributed by atoms with Crippen molar-refractivity contribution >= 4 is 0 Å². The van der Waals surface area contributed by atoms with Gasteiger partial charge < -0.3 is 5.32 Å². The summed E-state index contributed by atoms with van der Waals surface area (Å²) in [5.41, 5.74) is 1.47. The van der Waals surface area contributed by atoms with Crippen molar-refractivity contribution in [2.24, 2.45) is 0 Å². The Balaban J connectivity index is 2.09. The molecule has 1 saturated heterocycles. The minimum Gasteiger partial charge on any atom is -0.309 e. The van der Waals surface area contributed by atoms with Crippen molar-refractivity contribution in [3.05, 3.63) is 30.1 Å². The first-order valence-corrected chi connectivity index (χ1v) is 7.11. The first-order valence-electron chi connectivity index (χ1n) is 7.11. The molecule has 1 fully saturated rings. The smallest absolute Gasteiger partial charge is 0.0572 e. The molecule has 18 heavy (non-hydrogen) atoms. The topological polar surface area (TPSA) is 28.2 Å². The van der Waals surface area contributed by atoms with Crippen LogP contribution in [0.15, 0.2) is 24.4 Å². The lowest BCUT2D eigenvalue weighted by Gasteiger charge is -2.45. The maximum absolute atomic E-state index is 4.49. The zero-order chi connectivity index (χ0) is 13.0. The van der Waals surface area contributed by atoms with E-state index in [0.29, 0.717) is 11.6 Å². The van der Waals surface area contributed by atoms with Crippen molar-refractivity contribution in [3.8, 4) is 0 Å². The monoisotopic (exact) mass is 247 g/mol. The average molecular weight is 247 g/mol. The third-order valence-electron chi connectivity index (χ3n) is 4.42. The van der Waals surface area contributed by atoms with Crippen molar-refractivity contribution < 1.29 is 0 Å². The Morgan fingerprint density at radius 3 is 2.78 bits per heavy atom. The molecular weight excluding hydrogens is 222 g/mol. The molecule has 1 aliphatic rings. The molecular formula is C15H25N3. The van der Waals surface area contributed by atoms with Gasteiger partial charge in [-0.15, -0.1) is 0 Å². The van der Waals surface area contributed by atoms with Crippen LogP contribution in [0.4, 0.5) is 0 Å². The molecule has 1 N–H and O–H groups in total. The molecule has 1 aliphatic heterocycles. The van der Waals surface area contributed by atoms with Gasteiger partial charge in [0.1, 0.15) is 0 Å². The summed E-state index contributed by atoms with van der Waals surface area (Å²) in [5.74, 6) is 0. The first kappa shape index (κ1) is 13.5. The van der Waals surface area contributed by atoms with Crippen LogP contribution in [-0.2, 0) is 0 Å². The van der Waals surface area contributed by atoms with Gasteiger partial charge in [-0.3, -0.25) is 9.88 Å². The predicted octanol–water partition coefficient (Wildman–Crippen LogP) is 2.61. The molecule has 0 saturated carbocycles. The molecule has 1 atom stereocenters. The summed E-state index contributed by atoms with van der Waals surface area (Å²) in [5, 5.41) is 3.71. The van der Waals surface area contributed by atoms with E-state index in [9.17, 15) is 0 Å². The Morgan fingerprint density at radius 2 is 2.17 bits per heavy atom. The van der Waals surface area contributed by atoms with E-state index in [1.54, 1.807) is 0 Å². The van der Waals surface area contributed by atoms with Crippen LogP contribution in [0.2, 0.25) is 0 Å². The van der Waals surface area contributed by atoms with Gasteiger partial charge in [0.05, 0.1) is 5.69 Å². The lowest BCUT2D eigenvalue weighted by molar-refractivity contribution is 0.0904. The largest absolute Gasteiger partial charge is 0.309 e. The number of aromatic nitrogens is 1. The highest BCUT2D eigenvalue weighted by Crippen LogP contribution is 2.26. The van der Waals surface area contributed by atoms with Gasteiger partial charge in [-0.25, -0.2) is 0 Å². The zero-order valence-corrected chi connectivity index (χ0v) is 11.8. The van der Waals surface area contributed by atoms with Crippen molar-refractivity contribution in [1.29, 1.82) is 0 Å². The number of piperazine rings is 1. The fourth-order valence-corrected chi connectivity index (χ4v) is 2.85. The standard InChI is InChI=1S/C15H25N3/c1-4-15(5-2)12-18(11-10-17-15)13(3)14-8-6-7-9-16-14/h6-9,13,17H,4-5,10-12H2,1-3H3. The Kier molecular flexibility index (Phi) is 4.36. The molecule has 1 aromatic rings. The molecule has 1 aromatic heterocycles. The van der Waals surface area contributed by atoms with Crippen molar-refractivity contribution in [2.75, 3.05) is 19.6 Å². The number of nitrogens with one attached hydrogen (secondary N) is 1. The minimum absolute atomic E-state index is 0.293. The molecule has 1 unspecified atom stereocenters. The second kappa shape index (κ2) is 5.81. The molecule has 0 bridgehead atoms. The molecule has 0 spiro atoms. The predicted molar refractivity (Wildman–Crippen MR) is 75.5 cm³/mol. The normalized spacial score (nSPS) is 21.7. The summed E-state index contributed by atoms with van der Waals surface area (Å²) in [6.45, 7) is 10.1. The van der Waals surface area contributed by atoms with Crippen molar-refractivity contribution in [2.45, 2.75) is 45.2 Å². The summed E-state index contributed by atoms with van der Waals surface area (Å²) in [4.78, 5) is 7.05. The molecule has 2 rings (SSSR count). The van der Waals surface area contributed by atoms with Crippen LogP contribution in [0.5, 0.6) is 0 Å². The number of rotatable bonds is 4. The van der Waals surface area contributed by atoms with Crippen LogP contribution in [0.25, 0.3) is 0 Å². The maximum atomic E-state index is 4.49. The van der Waals surface area contributed by atoms with Crippen LogP contribution in [-0.4, -0.2) is 35.1 Å². The van der Waals surface area contributed by atoms with E-state index in [0.717, 1.165) is 19.6 Å². The first-order chi connectivity index (χ1) is 8.71. The Labute approximate surface area is 111 Å². The molecule has 100 valence electrons. The van der Waals surface area contributed by atoms with Crippen LogP contribution >= 0.6 is 0 Å². The van der Waals surface area contributed by atoms with Gasteiger partial charge in [0, 0.05) is 37.4 Å². The SMILES string of the molecule is CCC1(CC)CN(C(C)c2ccccn2)CCN1. The fraction of sp³-hybridized carbons (Fsp3) is 0.667. The highest BCUT2D eigenvalue weighted by molar-refractivity contribution is 5.09. The van der Waals surface area contributed by atoms with Crippen LogP contribution in [0.3, 0.4) is 0 Å². The maximum Gasteiger partial charge on any atom is 0.0572 e. The van der Waals surface area contributed by atoms with Crippen LogP contribution < -0.4 is 5.32 Å². The third-order valence-corrected chi connectivity index (χ3v) is 4.42. The van der Waals surface area contributed by atoms with Crippen LogP contribution in [0, 0.1) is 0 Å². The fourth-order valence-electron chi connectivity index (χ4n) is 2.85. The highest BCUT2D eigenvalue weighted by atomic mass is 15.2. The van der Waals surface area contributed by atoms with E-state index in [1.165, 1.54) is 18.5 Å². The van der Waals surface area contributed by atoms with Crippen molar-refractivity contribution in [1.82, 2.24) is 15.2 Å². The van der Waals surface area contributed by atoms with Gasteiger partial charge in [-0.2, -0.15) is 0 Å². The lowest BCUT2D eigenvalue weighted by atomic mass is 9.89. The number of hydrogen-bond donors (Lipinski definition) is 1. The Bertz CT molecular complexity index is 359. The van der Waals surface area contributed by atoms with Gasteiger partial charge in [0.2, 0.25) is 0 Å². The second-order valence-corrected chi connectivity index (χ2v) is 5.32. The van der Waals surface area contributed by atoms with Gasteiger partial charge in [-0.1, -0.05) is 19.9 Å². The van der Waals surface area contributed by atoms with E-state index < -0.39 is 0 Å². The van der Waals surface area contributed by atoms with Gasteiger partial charge in [0.25, 0.3) is 0 Å². The van der Waals surface area contributed by atoms with E-state index in [1.807, 2.05) is 12.3 Å². The molecule has 3 heteroatoms. The summed E-state index contributed by atoms with van der Waals surface area (Å²) in [6.07, 6.45) is 4.27. The van der Waals surface area contributed by atoms with E-state index in [-0.39, 0.29) is 0 Å². The Morgan fingerprint density at radius 1 is 1.39 bits per heavy atom. The zero-order valence-electron chi connectivity index (χ0n) is 11.8. The molecule has 3 nitrogen and oxygen atoms in total. The summed E-state index contributed by atoms with van der Waals surface area (Å²) >= 11 is 0. The highest BCUT2D eigenvalue weighted by Gasteiger charge is 2.33. The van der Waals surface area contributed by atoms with Crippen molar-refractivity contribution in [3.63, 3.8) is 0 Å². The van der Waals surface area contributed by atoms with E-state index in [4.69, 9.17) is 0 Å². The van der Waals surface area contributed by atoms with Gasteiger partial charge in [0.15, 0.2) is 0 Å². The number of hydrogen-bond acceptors (Lipinski definition) is 3. The second-order valence-electron chi connectivity index (χ2n) is 5.32. The molecule has 0 amide bonds. The summed E-state index contributed by atoms with van der Waals surface area (Å²) in [6, 6.07) is 6.60. The quantitative estimate of drug-likeness (QED) is 0.886. The van der Waals surface area contributed by atoms with E-state index in [2.05, 4.69) is 48.1 Å². The molecule has 0 aromatic carbocycles. The van der Waals surface area contributed by atoms with Gasteiger partial charge in [-0.05, 0) is 31.9 Å². The molecule has 0 radical (unpaired) electrons.